The van der Waals surface area contributed by atoms with E-state index in [9.17, 15) is 9.90 Å². The number of carboxylic acid groups (broad SMARTS) is 1. The number of hydrazone groups is 1. The van der Waals surface area contributed by atoms with Gasteiger partial charge >= 0.3 is 5.97 Å². The van der Waals surface area contributed by atoms with Crippen molar-refractivity contribution in [2.24, 2.45) is 28.8 Å². The van der Waals surface area contributed by atoms with Gasteiger partial charge in [-0.25, -0.2) is 9.78 Å². The molecule has 0 unspecified atom stereocenters. The predicted molar refractivity (Wildman–Crippen MR) is 94.3 cm³/mol. The number of carboxylic acids is 1. The van der Waals surface area contributed by atoms with Gasteiger partial charge in [0, 0.05) is 5.71 Å². The van der Waals surface area contributed by atoms with Crippen LogP contribution in [0.4, 0.5) is 5.69 Å². The molecule has 0 amide bonds. The first kappa shape index (κ1) is 16.4. The lowest BCUT2D eigenvalue weighted by Gasteiger charge is -2.50. The molecule has 4 aliphatic carbocycles. The number of anilines is 1. The number of hydrogen-bond donors (Lipinski definition) is 2. The monoisotopic (exact) mass is 387 g/mol. The number of pyridine rings is 1. The molecule has 0 aliphatic heterocycles. The number of hydrogen-bond acceptors (Lipinski definition) is 4. The Morgan fingerprint density at radius 2 is 1.62 bits per heavy atom. The lowest BCUT2D eigenvalue weighted by atomic mass is 9.55. The molecule has 8 heteroatoms. The van der Waals surface area contributed by atoms with Crippen LogP contribution in [0.3, 0.4) is 0 Å². The highest BCUT2D eigenvalue weighted by molar-refractivity contribution is 6.46. The number of carbonyl (C=O) groups is 1. The summed E-state index contributed by atoms with van der Waals surface area (Å²) in [4.78, 5) is 14.9. The summed E-state index contributed by atoms with van der Waals surface area (Å²) in [5.41, 5.74) is 3.92. The van der Waals surface area contributed by atoms with Gasteiger partial charge in [-0.1, -0.05) is 34.8 Å². The fraction of sp³-hybridized carbons (Fsp3) is 0.562. The molecule has 1 aromatic heterocycles. The maximum Gasteiger partial charge on any atom is 0.356 e. The van der Waals surface area contributed by atoms with Gasteiger partial charge < -0.3 is 5.11 Å². The van der Waals surface area contributed by atoms with Gasteiger partial charge in [0.25, 0.3) is 0 Å². The van der Waals surface area contributed by atoms with Crippen molar-refractivity contribution >= 4 is 52.2 Å². The van der Waals surface area contributed by atoms with E-state index >= 15 is 0 Å². The highest BCUT2D eigenvalue weighted by Crippen LogP contribution is 2.52. The Labute approximate surface area is 154 Å². The first-order chi connectivity index (χ1) is 11.4. The molecule has 4 fully saturated rings. The van der Waals surface area contributed by atoms with Crippen molar-refractivity contribution in [2.45, 2.75) is 32.1 Å². The Hall–Kier alpha value is -1.04. The lowest BCUT2D eigenvalue weighted by Crippen LogP contribution is -2.45. The van der Waals surface area contributed by atoms with Crippen LogP contribution in [0.25, 0.3) is 0 Å². The Morgan fingerprint density at radius 1 is 1.04 bits per heavy atom. The first-order valence-electron chi connectivity index (χ1n) is 8.05. The number of nitrogens with one attached hydrogen (secondary N) is 1. The fourth-order valence-electron chi connectivity index (χ4n) is 4.72. The topological polar surface area (TPSA) is 74.6 Å². The number of rotatable bonds is 3. The summed E-state index contributed by atoms with van der Waals surface area (Å²) in [5.74, 6) is 1.45. The maximum absolute atomic E-state index is 11.2. The molecular weight excluding hydrogens is 373 g/mol. The second-order valence-corrected chi connectivity index (χ2v) is 8.13. The summed E-state index contributed by atoms with van der Waals surface area (Å²) in [6.45, 7) is 0. The zero-order chi connectivity index (χ0) is 17.0. The van der Waals surface area contributed by atoms with Crippen LogP contribution in [0.2, 0.25) is 15.2 Å². The van der Waals surface area contributed by atoms with Gasteiger partial charge in [-0.15, -0.1) is 0 Å². The Kier molecular flexibility index (Phi) is 4.14. The van der Waals surface area contributed by atoms with E-state index < -0.39 is 5.97 Å². The molecule has 0 radical (unpaired) electrons. The number of aromatic nitrogens is 1. The molecule has 1 aromatic rings. The molecular formula is C16H16Cl3N3O2. The molecule has 0 atom stereocenters. The normalized spacial score (nSPS) is 30.5. The van der Waals surface area contributed by atoms with E-state index in [1.807, 2.05) is 0 Å². The molecule has 0 spiro atoms. The highest BCUT2D eigenvalue weighted by Gasteiger charge is 2.46. The largest absolute Gasteiger partial charge is 0.476 e. The van der Waals surface area contributed by atoms with E-state index in [4.69, 9.17) is 34.8 Å². The summed E-state index contributed by atoms with van der Waals surface area (Å²) < 4.78 is 0. The molecule has 0 saturated heterocycles. The van der Waals surface area contributed by atoms with Crippen molar-refractivity contribution in [1.82, 2.24) is 4.98 Å². The lowest BCUT2D eigenvalue weighted by molar-refractivity contribution is 0.0691. The smallest absolute Gasteiger partial charge is 0.356 e. The fourth-order valence-corrected chi connectivity index (χ4v) is 5.39. The molecule has 128 valence electrons. The third-order valence-electron chi connectivity index (χ3n) is 5.51. The number of aromatic carboxylic acids is 1. The van der Waals surface area contributed by atoms with Crippen LogP contribution in [0.15, 0.2) is 5.10 Å². The molecule has 4 saturated carbocycles. The molecule has 1 heterocycles. The van der Waals surface area contributed by atoms with Crippen LogP contribution in [0, 0.1) is 23.7 Å². The van der Waals surface area contributed by atoms with Crippen LogP contribution >= 0.6 is 34.8 Å². The average Bonchev–Trinajstić information content (AvgIpc) is 2.52. The van der Waals surface area contributed by atoms with E-state index in [0.29, 0.717) is 11.8 Å². The van der Waals surface area contributed by atoms with E-state index in [-0.39, 0.29) is 26.6 Å². The van der Waals surface area contributed by atoms with Crippen molar-refractivity contribution in [1.29, 1.82) is 0 Å². The quantitative estimate of drug-likeness (QED) is 0.566. The van der Waals surface area contributed by atoms with Gasteiger partial charge in [0.2, 0.25) is 0 Å². The molecule has 2 N–H and O–H groups in total. The summed E-state index contributed by atoms with van der Waals surface area (Å²) in [7, 11) is 0. The molecule has 0 aromatic carbocycles. The Morgan fingerprint density at radius 3 is 2.17 bits per heavy atom. The summed E-state index contributed by atoms with van der Waals surface area (Å²) in [6.07, 6.45) is 6.17. The third kappa shape index (κ3) is 2.67. The van der Waals surface area contributed by atoms with Gasteiger partial charge in [0.05, 0.1) is 5.69 Å². The molecule has 5 nitrogen and oxygen atoms in total. The molecule has 24 heavy (non-hydrogen) atoms. The van der Waals surface area contributed by atoms with Crippen LogP contribution in [-0.4, -0.2) is 21.8 Å². The van der Waals surface area contributed by atoms with Gasteiger partial charge in [0.1, 0.15) is 10.0 Å². The second kappa shape index (κ2) is 6.04. The maximum atomic E-state index is 11.2. The van der Waals surface area contributed by atoms with Gasteiger partial charge in [-0.2, -0.15) is 5.10 Å². The zero-order valence-corrected chi connectivity index (χ0v) is 15.0. The SMILES string of the molecule is O=C(O)c1nc(Cl)c(Cl)c(NN=C2C3CC4CC(C3)CC2C4)c1Cl. The third-order valence-corrected chi connectivity index (χ3v) is 6.62. The summed E-state index contributed by atoms with van der Waals surface area (Å²) in [6, 6.07) is 0. The summed E-state index contributed by atoms with van der Waals surface area (Å²) >= 11 is 18.2. The van der Waals surface area contributed by atoms with E-state index in [1.54, 1.807) is 0 Å². The van der Waals surface area contributed by atoms with Gasteiger partial charge in [-0.3, -0.25) is 5.43 Å². The molecule has 4 bridgehead atoms. The van der Waals surface area contributed by atoms with E-state index in [0.717, 1.165) is 11.8 Å². The van der Waals surface area contributed by atoms with Crippen molar-refractivity contribution in [3.63, 3.8) is 0 Å². The van der Waals surface area contributed by atoms with Crippen LogP contribution < -0.4 is 5.43 Å². The average molecular weight is 389 g/mol. The molecule has 4 aliphatic rings. The van der Waals surface area contributed by atoms with Gasteiger partial charge in [0.15, 0.2) is 10.8 Å². The minimum atomic E-state index is -1.26. The van der Waals surface area contributed by atoms with E-state index in [2.05, 4.69) is 15.5 Å². The minimum absolute atomic E-state index is 0.0786. The van der Waals surface area contributed by atoms with Crippen molar-refractivity contribution < 1.29 is 9.90 Å². The molecule has 5 rings (SSSR count). The first-order valence-corrected chi connectivity index (χ1v) is 9.18. The Balaban J connectivity index is 1.65. The van der Waals surface area contributed by atoms with Crippen molar-refractivity contribution in [3.05, 3.63) is 20.9 Å². The van der Waals surface area contributed by atoms with E-state index in [1.165, 1.54) is 37.8 Å². The number of nitrogens with zero attached hydrogens (tertiary/aromatic N) is 2. The van der Waals surface area contributed by atoms with Crippen molar-refractivity contribution in [3.8, 4) is 0 Å². The predicted octanol–water partition coefficient (Wildman–Crippen LogP) is 4.96. The summed E-state index contributed by atoms with van der Waals surface area (Å²) in [5, 5.41) is 13.6. The Bertz CT molecular complexity index is 721. The highest BCUT2D eigenvalue weighted by atomic mass is 35.5. The standard InChI is InChI=1S/C16H16Cl3N3O2/c17-10-13(11(18)15(19)20-14(10)16(23)24)22-21-12-8-2-6-1-7(4-8)5-9(12)3-6/h6-9H,1-5H2,(H,20,22)(H,23,24). The zero-order valence-electron chi connectivity index (χ0n) is 12.7. The minimum Gasteiger partial charge on any atom is -0.476 e. The van der Waals surface area contributed by atoms with Crippen LogP contribution in [0.1, 0.15) is 42.6 Å². The number of halogens is 3. The second-order valence-electron chi connectivity index (χ2n) is 7.01. The van der Waals surface area contributed by atoms with Crippen LogP contribution in [-0.2, 0) is 0 Å². The van der Waals surface area contributed by atoms with Gasteiger partial charge in [-0.05, 0) is 55.8 Å². The van der Waals surface area contributed by atoms with Crippen LogP contribution in [0.5, 0.6) is 0 Å². The van der Waals surface area contributed by atoms with Crippen molar-refractivity contribution in [2.75, 3.05) is 5.43 Å².